The summed E-state index contributed by atoms with van der Waals surface area (Å²) in [7, 11) is 0. The molecule has 136 valence electrons. The normalized spacial score (nSPS) is 25.9. The van der Waals surface area contributed by atoms with Gasteiger partial charge in [0.25, 0.3) is 0 Å². The number of nitrogens with zero attached hydrogens (tertiary/aromatic N) is 1. The fourth-order valence-electron chi connectivity index (χ4n) is 2.70. The number of hydrogen-bond donors (Lipinski definition) is 1. The van der Waals surface area contributed by atoms with Gasteiger partial charge in [-0.05, 0) is 74.1 Å². The Hall–Kier alpha value is -0.460. The molecule has 0 aromatic rings. The SMILES string of the molecule is CC(N[S@+]([O-])C(C)(C)C)C1CCN(C(=O)OC(C)(C)C)C(C)C1. The molecule has 23 heavy (non-hydrogen) atoms. The van der Waals surface area contributed by atoms with E-state index < -0.39 is 17.0 Å². The summed E-state index contributed by atoms with van der Waals surface area (Å²) in [4.78, 5) is 14.1. The maximum absolute atomic E-state index is 12.2. The third kappa shape index (κ3) is 6.51. The number of piperidine rings is 1. The van der Waals surface area contributed by atoms with Gasteiger partial charge in [0.05, 0.1) is 6.04 Å². The van der Waals surface area contributed by atoms with Crippen LogP contribution in [-0.2, 0) is 16.1 Å². The van der Waals surface area contributed by atoms with E-state index in [4.69, 9.17) is 4.74 Å². The van der Waals surface area contributed by atoms with Crippen LogP contribution in [0.5, 0.6) is 0 Å². The van der Waals surface area contributed by atoms with Crippen molar-refractivity contribution in [1.82, 2.24) is 9.62 Å². The van der Waals surface area contributed by atoms with Crippen molar-refractivity contribution in [2.75, 3.05) is 6.54 Å². The van der Waals surface area contributed by atoms with Crippen molar-refractivity contribution in [3.8, 4) is 0 Å². The van der Waals surface area contributed by atoms with Gasteiger partial charge in [0.15, 0.2) is 0 Å². The highest BCUT2D eigenvalue weighted by Crippen LogP contribution is 2.28. The van der Waals surface area contributed by atoms with Gasteiger partial charge in [-0.1, -0.05) is 0 Å². The highest BCUT2D eigenvalue weighted by molar-refractivity contribution is 7.90. The van der Waals surface area contributed by atoms with Crippen LogP contribution in [-0.4, -0.2) is 44.5 Å². The summed E-state index contributed by atoms with van der Waals surface area (Å²) in [5.41, 5.74) is -0.466. The van der Waals surface area contributed by atoms with Crippen molar-refractivity contribution in [1.29, 1.82) is 0 Å². The Bertz CT molecular complexity index is 404. The molecule has 1 fully saturated rings. The van der Waals surface area contributed by atoms with Crippen LogP contribution in [0.1, 0.15) is 68.2 Å². The first kappa shape index (κ1) is 20.6. The molecule has 1 aliphatic rings. The van der Waals surface area contributed by atoms with E-state index in [1.54, 1.807) is 0 Å². The summed E-state index contributed by atoms with van der Waals surface area (Å²) in [5.74, 6) is 0.412. The molecule has 1 saturated heterocycles. The summed E-state index contributed by atoms with van der Waals surface area (Å²) in [6, 6.07) is 0.300. The van der Waals surface area contributed by atoms with Gasteiger partial charge in [0.1, 0.15) is 10.3 Å². The predicted molar refractivity (Wildman–Crippen MR) is 95.6 cm³/mol. The maximum atomic E-state index is 12.2. The van der Waals surface area contributed by atoms with Gasteiger partial charge in [0, 0.05) is 23.9 Å². The summed E-state index contributed by atoms with van der Waals surface area (Å²) in [5, 5.41) is 0. The van der Waals surface area contributed by atoms with Crippen LogP contribution < -0.4 is 4.72 Å². The van der Waals surface area contributed by atoms with Gasteiger partial charge < -0.3 is 14.2 Å². The largest absolute Gasteiger partial charge is 0.598 e. The van der Waals surface area contributed by atoms with Crippen molar-refractivity contribution in [2.45, 2.75) is 90.7 Å². The highest BCUT2D eigenvalue weighted by atomic mass is 32.2. The molecular formula is C17H34N2O3S. The predicted octanol–water partition coefficient (Wildman–Crippen LogP) is 3.46. The summed E-state index contributed by atoms with van der Waals surface area (Å²) >= 11 is -1.07. The molecule has 1 amide bonds. The van der Waals surface area contributed by atoms with E-state index in [2.05, 4.69) is 18.6 Å². The highest BCUT2D eigenvalue weighted by Gasteiger charge is 2.36. The molecule has 4 atom stereocenters. The Balaban J connectivity index is 2.56. The van der Waals surface area contributed by atoms with Crippen molar-refractivity contribution in [2.24, 2.45) is 5.92 Å². The van der Waals surface area contributed by atoms with Gasteiger partial charge in [-0.25, -0.2) is 4.79 Å². The summed E-state index contributed by atoms with van der Waals surface area (Å²) in [6.45, 7) is 16.4. The first-order valence-electron chi connectivity index (χ1n) is 8.49. The molecule has 0 radical (unpaired) electrons. The molecule has 6 heteroatoms. The van der Waals surface area contributed by atoms with E-state index in [0.717, 1.165) is 12.8 Å². The number of hydrogen-bond acceptors (Lipinski definition) is 4. The van der Waals surface area contributed by atoms with Crippen LogP contribution in [0.15, 0.2) is 0 Å². The molecule has 0 spiro atoms. The first-order valence-corrected chi connectivity index (χ1v) is 9.64. The second-order valence-electron chi connectivity index (χ2n) is 8.59. The molecule has 1 aliphatic heterocycles. The smallest absolute Gasteiger partial charge is 0.410 e. The number of carbonyl (C=O) groups excluding carboxylic acids is 1. The topological polar surface area (TPSA) is 64.6 Å². The van der Waals surface area contributed by atoms with E-state index in [1.165, 1.54) is 0 Å². The quantitative estimate of drug-likeness (QED) is 0.795. The Labute approximate surface area is 144 Å². The Kier molecular flexibility index (Phi) is 6.82. The lowest BCUT2D eigenvalue weighted by Crippen LogP contribution is -2.52. The van der Waals surface area contributed by atoms with Crippen LogP contribution in [0.3, 0.4) is 0 Å². The number of carbonyl (C=O) groups is 1. The Morgan fingerprint density at radius 3 is 2.30 bits per heavy atom. The number of ether oxygens (including phenoxy) is 1. The third-order valence-electron chi connectivity index (χ3n) is 4.10. The fourth-order valence-corrected chi connectivity index (χ4v) is 3.58. The van der Waals surface area contributed by atoms with Crippen LogP contribution >= 0.6 is 0 Å². The molecule has 1 heterocycles. The Morgan fingerprint density at radius 2 is 1.87 bits per heavy atom. The lowest BCUT2D eigenvalue weighted by molar-refractivity contribution is 0.00573. The minimum Gasteiger partial charge on any atom is -0.598 e. The lowest BCUT2D eigenvalue weighted by Gasteiger charge is -2.40. The number of rotatable bonds is 3. The Morgan fingerprint density at radius 1 is 1.30 bits per heavy atom. The van der Waals surface area contributed by atoms with E-state index in [0.29, 0.717) is 12.5 Å². The van der Waals surface area contributed by atoms with E-state index in [9.17, 15) is 9.35 Å². The van der Waals surface area contributed by atoms with Crippen molar-refractivity contribution in [3.05, 3.63) is 0 Å². The molecule has 3 unspecified atom stereocenters. The van der Waals surface area contributed by atoms with Gasteiger partial charge in [0.2, 0.25) is 0 Å². The molecule has 1 rings (SSSR count). The minimum atomic E-state index is -1.07. The molecule has 1 N–H and O–H groups in total. The molecule has 5 nitrogen and oxygen atoms in total. The van der Waals surface area contributed by atoms with Crippen LogP contribution in [0.4, 0.5) is 4.79 Å². The van der Waals surface area contributed by atoms with Crippen LogP contribution in [0.25, 0.3) is 0 Å². The second kappa shape index (κ2) is 7.62. The number of likely N-dealkylation sites (tertiary alicyclic amines) is 1. The average Bonchev–Trinajstić information content (AvgIpc) is 2.34. The zero-order valence-corrected chi connectivity index (χ0v) is 16.8. The van der Waals surface area contributed by atoms with Gasteiger partial charge >= 0.3 is 6.09 Å². The molecule has 0 aromatic heterocycles. The number of amides is 1. The van der Waals surface area contributed by atoms with Crippen LogP contribution in [0, 0.1) is 5.92 Å². The summed E-state index contributed by atoms with van der Waals surface area (Å²) < 4.78 is 20.7. The molecule has 0 aliphatic carbocycles. The van der Waals surface area contributed by atoms with Crippen molar-refractivity contribution >= 4 is 17.5 Å². The van der Waals surface area contributed by atoms with Crippen molar-refractivity contribution < 1.29 is 14.1 Å². The van der Waals surface area contributed by atoms with E-state index in [-0.39, 0.29) is 22.9 Å². The molecule has 0 bridgehead atoms. The molecular weight excluding hydrogens is 312 g/mol. The zero-order chi connectivity index (χ0) is 18.0. The lowest BCUT2D eigenvalue weighted by atomic mass is 9.87. The maximum Gasteiger partial charge on any atom is 0.410 e. The molecule has 0 aromatic carbocycles. The number of nitrogens with one attached hydrogen (secondary N) is 1. The fraction of sp³-hybridized carbons (Fsp3) is 0.941. The van der Waals surface area contributed by atoms with Gasteiger partial charge in [-0.15, -0.1) is 4.72 Å². The van der Waals surface area contributed by atoms with Crippen molar-refractivity contribution in [3.63, 3.8) is 0 Å². The third-order valence-corrected chi connectivity index (χ3v) is 5.80. The molecule has 0 saturated carbocycles. The minimum absolute atomic E-state index is 0.135. The van der Waals surface area contributed by atoms with Gasteiger partial charge in [-0.2, -0.15) is 0 Å². The standard InChI is InChI=1S/C17H34N2O3S/c1-12-11-14(13(2)18-23(21)17(6,7)8)9-10-19(12)15(20)22-16(3,4)5/h12-14,18H,9-11H2,1-8H3/t12?,13?,14?,23-/m1/s1. The van der Waals surface area contributed by atoms with E-state index in [1.807, 2.05) is 46.4 Å². The average molecular weight is 347 g/mol. The van der Waals surface area contributed by atoms with E-state index >= 15 is 0 Å². The zero-order valence-electron chi connectivity index (χ0n) is 15.9. The van der Waals surface area contributed by atoms with Gasteiger partial charge in [-0.3, -0.25) is 0 Å². The van der Waals surface area contributed by atoms with Crippen LogP contribution in [0.2, 0.25) is 0 Å². The first-order chi connectivity index (χ1) is 10.3. The second-order valence-corrected chi connectivity index (χ2v) is 10.6. The monoisotopic (exact) mass is 346 g/mol. The summed E-state index contributed by atoms with van der Waals surface area (Å²) in [6.07, 6.45) is 1.57.